The van der Waals surface area contributed by atoms with Crippen molar-refractivity contribution in [1.82, 2.24) is 19.4 Å². The molecule has 4 rings (SSSR count). The minimum absolute atomic E-state index is 0.130. The predicted octanol–water partition coefficient (Wildman–Crippen LogP) is 3.11. The molecule has 9 nitrogen and oxygen atoms in total. The minimum Gasteiger partial charge on any atom is -0.338 e. The summed E-state index contributed by atoms with van der Waals surface area (Å²) in [5, 5.41) is 5.71. The first-order valence-electron chi connectivity index (χ1n) is 11.4. The van der Waals surface area contributed by atoms with Crippen LogP contribution >= 0.6 is 0 Å². The molecule has 0 saturated carbocycles. The van der Waals surface area contributed by atoms with Crippen LogP contribution in [0.1, 0.15) is 35.3 Å². The Bertz CT molecular complexity index is 1160. The van der Waals surface area contributed by atoms with Gasteiger partial charge in [0.1, 0.15) is 5.82 Å². The minimum atomic E-state index is -0.300. The molecule has 176 valence electrons. The number of pyridine rings is 1. The number of amides is 3. The number of piperidine rings is 1. The van der Waals surface area contributed by atoms with Crippen molar-refractivity contribution in [3.63, 3.8) is 0 Å². The second-order valence-electron chi connectivity index (χ2n) is 8.42. The Labute approximate surface area is 198 Å². The molecular formula is C25H28N6O3. The van der Waals surface area contributed by atoms with Gasteiger partial charge in [0.05, 0.1) is 12.2 Å². The summed E-state index contributed by atoms with van der Waals surface area (Å²) in [5.74, 6) is -0.205. The van der Waals surface area contributed by atoms with E-state index in [0.29, 0.717) is 49.5 Å². The smallest absolute Gasteiger partial charge is 0.253 e. The molecule has 34 heavy (non-hydrogen) atoms. The van der Waals surface area contributed by atoms with Crippen molar-refractivity contribution in [2.45, 2.75) is 32.7 Å². The van der Waals surface area contributed by atoms with E-state index < -0.39 is 0 Å². The van der Waals surface area contributed by atoms with E-state index in [9.17, 15) is 14.4 Å². The van der Waals surface area contributed by atoms with Crippen molar-refractivity contribution >= 4 is 29.2 Å². The van der Waals surface area contributed by atoms with Gasteiger partial charge < -0.3 is 20.1 Å². The number of anilines is 2. The van der Waals surface area contributed by atoms with Gasteiger partial charge in [-0.1, -0.05) is 12.1 Å². The van der Waals surface area contributed by atoms with E-state index in [0.717, 1.165) is 12.1 Å². The van der Waals surface area contributed by atoms with Gasteiger partial charge >= 0.3 is 0 Å². The highest BCUT2D eigenvalue weighted by atomic mass is 16.2. The highest BCUT2D eigenvalue weighted by Gasteiger charge is 2.29. The zero-order chi connectivity index (χ0) is 23.9. The molecule has 0 bridgehead atoms. The standard InChI is InChI=1S/C25H28N6O3/c1-18-5-2-9-22(27-18)29-24(33)20-7-4-12-31(16-20)25(34)19-6-3-8-21(15-19)28-23(32)10-13-30-14-11-26-17-30/h2-3,5-6,8-9,11,14-15,17,20H,4,7,10,12-13,16H2,1H3,(H,28,32)(H,27,29,33). The number of likely N-dealkylation sites (tertiary alicyclic amines) is 1. The molecule has 9 heteroatoms. The van der Waals surface area contributed by atoms with Crippen LogP contribution in [0, 0.1) is 12.8 Å². The Hall–Kier alpha value is -4.01. The van der Waals surface area contributed by atoms with Gasteiger partial charge in [-0.25, -0.2) is 9.97 Å². The van der Waals surface area contributed by atoms with Gasteiger partial charge in [-0.15, -0.1) is 0 Å². The van der Waals surface area contributed by atoms with Crippen molar-refractivity contribution in [3.05, 3.63) is 72.4 Å². The quantitative estimate of drug-likeness (QED) is 0.563. The van der Waals surface area contributed by atoms with Gasteiger partial charge in [0, 0.05) is 55.4 Å². The van der Waals surface area contributed by atoms with E-state index in [-0.39, 0.29) is 23.6 Å². The van der Waals surface area contributed by atoms with Crippen molar-refractivity contribution < 1.29 is 14.4 Å². The lowest BCUT2D eigenvalue weighted by atomic mass is 9.96. The highest BCUT2D eigenvalue weighted by molar-refractivity contribution is 5.98. The van der Waals surface area contributed by atoms with Gasteiger partial charge in [-0.3, -0.25) is 14.4 Å². The number of aromatic nitrogens is 3. The number of nitrogens with zero attached hydrogens (tertiary/aromatic N) is 4. The Morgan fingerprint density at radius 2 is 1.97 bits per heavy atom. The summed E-state index contributed by atoms with van der Waals surface area (Å²) in [6, 6.07) is 12.4. The average molecular weight is 461 g/mol. The van der Waals surface area contributed by atoms with Crippen molar-refractivity contribution in [2.75, 3.05) is 23.7 Å². The molecule has 3 aromatic rings. The number of rotatable bonds is 7. The van der Waals surface area contributed by atoms with Crippen molar-refractivity contribution in [2.24, 2.45) is 5.92 Å². The van der Waals surface area contributed by atoms with Crippen molar-refractivity contribution in [3.8, 4) is 0 Å². The number of carbonyl (C=O) groups is 3. The molecule has 0 spiro atoms. The fourth-order valence-electron chi connectivity index (χ4n) is 4.00. The number of imidazole rings is 1. The van der Waals surface area contributed by atoms with Crippen LogP contribution in [0.15, 0.2) is 61.2 Å². The second kappa shape index (κ2) is 10.7. The molecule has 0 aliphatic carbocycles. The third kappa shape index (κ3) is 6.06. The number of hydrogen-bond donors (Lipinski definition) is 2. The molecule has 3 amide bonds. The Balaban J connectivity index is 1.34. The number of aryl methyl sites for hydroxylation is 2. The van der Waals surface area contributed by atoms with E-state index in [1.54, 1.807) is 54.0 Å². The molecule has 0 radical (unpaired) electrons. The van der Waals surface area contributed by atoms with Gasteiger partial charge in [0.25, 0.3) is 5.91 Å². The Morgan fingerprint density at radius 3 is 2.76 bits per heavy atom. The first kappa shape index (κ1) is 23.2. The van der Waals surface area contributed by atoms with Crippen LogP contribution in [0.25, 0.3) is 0 Å². The molecular weight excluding hydrogens is 432 g/mol. The lowest BCUT2D eigenvalue weighted by molar-refractivity contribution is -0.121. The molecule has 1 atom stereocenters. The Morgan fingerprint density at radius 1 is 1.12 bits per heavy atom. The van der Waals surface area contributed by atoms with Crippen LogP contribution in [0.2, 0.25) is 0 Å². The van der Waals surface area contributed by atoms with Gasteiger partial charge in [-0.05, 0) is 50.1 Å². The summed E-state index contributed by atoms with van der Waals surface area (Å²) in [5.41, 5.74) is 1.87. The van der Waals surface area contributed by atoms with Gasteiger partial charge in [-0.2, -0.15) is 0 Å². The first-order valence-corrected chi connectivity index (χ1v) is 11.4. The van der Waals surface area contributed by atoms with Crippen LogP contribution in [-0.2, 0) is 16.1 Å². The summed E-state index contributed by atoms with van der Waals surface area (Å²) in [7, 11) is 0. The van der Waals surface area contributed by atoms with E-state index in [2.05, 4.69) is 20.6 Å². The predicted molar refractivity (Wildman–Crippen MR) is 128 cm³/mol. The van der Waals surface area contributed by atoms with Gasteiger partial charge in [0.2, 0.25) is 11.8 Å². The molecule has 1 saturated heterocycles. The second-order valence-corrected chi connectivity index (χ2v) is 8.42. The lowest BCUT2D eigenvalue weighted by Crippen LogP contribution is -2.43. The maximum Gasteiger partial charge on any atom is 0.253 e. The molecule has 1 aliphatic rings. The molecule has 3 heterocycles. The molecule has 1 aliphatic heterocycles. The third-order valence-corrected chi connectivity index (χ3v) is 5.77. The molecule has 1 aromatic carbocycles. The normalized spacial score (nSPS) is 15.6. The van der Waals surface area contributed by atoms with Crippen LogP contribution in [0.3, 0.4) is 0 Å². The van der Waals surface area contributed by atoms with Crippen LogP contribution in [0.5, 0.6) is 0 Å². The number of hydrogen-bond acceptors (Lipinski definition) is 5. The molecule has 1 fully saturated rings. The number of carbonyl (C=O) groups excluding carboxylic acids is 3. The lowest BCUT2D eigenvalue weighted by Gasteiger charge is -2.32. The fraction of sp³-hybridized carbons (Fsp3) is 0.320. The SMILES string of the molecule is Cc1cccc(NC(=O)C2CCCN(C(=O)c3cccc(NC(=O)CCn4ccnc4)c3)C2)n1. The maximum absolute atomic E-state index is 13.1. The van der Waals surface area contributed by atoms with Crippen LogP contribution < -0.4 is 10.6 Å². The number of benzene rings is 1. The summed E-state index contributed by atoms with van der Waals surface area (Å²) >= 11 is 0. The Kier molecular flexibility index (Phi) is 7.31. The largest absolute Gasteiger partial charge is 0.338 e. The fourth-order valence-corrected chi connectivity index (χ4v) is 4.00. The summed E-state index contributed by atoms with van der Waals surface area (Å²) in [6.07, 6.45) is 6.89. The van der Waals surface area contributed by atoms with E-state index in [1.807, 2.05) is 23.6 Å². The summed E-state index contributed by atoms with van der Waals surface area (Å²) in [6.45, 7) is 3.33. The third-order valence-electron chi connectivity index (χ3n) is 5.77. The molecule has 1 unspecified atom stereocenters. The summed E-state index contributed by atoms with van der Waals surface area (Å²) < 4.78 is 1.83. The topological polar surface area (TPSA) is 109 Å². The molecule has 2 aromatic heterocycles. The monoisotopic (exact) mass is 460 g/mol. The van der Waals surface area contributed by atoms with E-state index in [1.165, 1.54) is 0 Å². The van der Waals surface area contributed by atoms with E-state index >= 15 is 0 Å². The zero-order valence-electron chi connectivity index (χ0n) is 19.1. The molecule has 2 N–H and O–H groups in total. The zero-order valence-corrected chi connectivity index (χ0v) is 19.1. The first-order chi connectivity index (χ1) is 16.5. The average Bonchev–Trinajstić information content (AvgIpc) is 3.36. The highest BCUT2D eigenvalue weighted by Crippen LogP contribution is 2.21. The summed E-state index contributed by atoms with van der Waals surface area (Å²) in [4.78, 5) is 48.2. The van der Waals surface area contributed by atoms with Crippen molar-refractivity contribution in [1.29, 1.82) is 0 Å². The van der Waals surface area contributed by atoms with Gasteiger partial charge in [0.15, 0.2) is 0 Å². The van der Waals surface area contributed by atoms with Crippen LogP contribution in [0.4, 0.5) is 11.5 Å². The van der Waals surface area contributed by atoms with Crippen LogP contribution in [-0.4, -0.2) is 50.2 Å². The maximum atomic E-state index is 13.1. The van der Waals surface area contributed by atoms with E-state index in [4.69, 9.17) is 0 Å². The number of nitrogens with one attached hydrogen (secondary N) is 2.